The number of aromatic nitrogens is 4. The van der Waals surface area contributed by atoms with E-state index in [4.69, 9.17) is 9.47 Å². The van der Waals surface area contributed by atoms with Crippen LogP contribution in [0.25, 0.3) is 28.5 Å². The third-order valence-corrected chi connectivity index (χ3v) is 5.27. The Labute approximate surface area is 144 Å². The van der Waals surface area contributed by atoms with Gasteiger partial charge in [0.05, 0.1) is 0 Å². The lowest BCUT2D eigenvalue weighted by Crippen LogP contribution is -1.93. The Balaban J connectivity index is 1.53. The van der Waals surface area contributed by atoms with Crippen molar-refractivity contribution in [3.63, 3.8) is 0 Å². The second kappa shape index (κ2) is 5.43. The molecule has 1 aromatic carbocycles. The molecule has 0 unspecified atom stereocenters. The van der Waals surface area contributed by atoms with Crippen molar-refractivity contribution in [2.45, 2.75) is 0 Å². The number of fused-ring (bicyclic) bond motifs is 2. The van der Waals surface area contributed by atoms with E-state index in [0.717, 1.165) is 27.0 Å². The Morgan fingerprint density at radius 1 is 1.08 bits per heavy atom. The first-order valence-corrected chi connectivity index (χ1v) is 8.90. The summed E-state index contributed by atoms with van der Waals surface area (Å²) >= 11 is 3.19. The smallest absolute Gasteiger partial charge is 0.235 e. The van der Waals surface area contributed by atoms with Gasteiger partial charge in [-0.25, -0.2) is 0 Å². The molecule has 3 aromatic heterocycles. The summed E-state index contributed by atoms with van der Waals surface area (Å²) in [5.41, 5.74) is 0.894. The molecule has 6 nitrogen and oxygen atoms in total. The van der Waals surface area contributed by atoms with Crippen LogP contribution in [0.4, 0.5) is 0 Å². The summed E-state index contributed by atoms with van der Waals surface area (Å²) in [5.74, 6) is 2.16. The van der Waals surface area contributed by atoms with Crippen molar-refractivity contribution in [2.75, 3.05) is 6.79 Å². The molecule has 0 fully saturated rings. The molecule has 4 heterocycles. The standard InChI is InChI=1S/C16H10N4O2S2/c1-2-11(23-7-1)4-6-14-19-20-15(17-18-16(20)24-14)10-3-5-12-13(8-10)22-9-21-12/h1-8H,9H2. The molecule has 0 N–H and O–H groups in total. The van der Waals surface area contributed by atoms with Gasteiger partial charge in [0.1, 0.15) is 5.01 Å². The summed E-state index contributed by atoms with van der Waals surface area (Å²) < 4.78 is 12.5. The number of ether oxygens (including phenoxy) is 2. The second-order valence-electron chi connectivity index (χ2n) is 5.08. The number of hydrogen-bond acceptors (Lipinski definition) is 7. The van der Waals surface area contributed by atoms with Crippen molar-refractivity contribution in [3.05, 3.63) is 45.6 Å². The van der Waals surface area contributed by atoms with Crippen molar-refractivity contribution < 1.29 is 9.47 Å². The van der Waals surface area contributed by atoms with Gasteiger partial charge in [0.25, 0.3) is 0 Å². The predicted octanol–water partition coefficient (Wildman–Crippen LogP) is 3.81. The summed E-state index contributed by atoms with van der Waals surface area (Å²) in [7, 11) is 0. The van der Waals surface area contributed by atoms with E-state index in [9.17, 15) is 0 Å². The molecule has 0 aliphatic carbocycles. The van der Waals surface area contributed by atoms with Crippen molar-refractivity contribution >= 4 is 39.8 Å². The number of nitrogens with zero attached hydrogens (tertiary/aromatic N) is 4. The van der Waals surface area contributed by atoms with Crippen molar-refractivity contribution in [3.8, 4) is 22.9 Å². The largest absolute Gasteiger partial charge is 0.454 e. The first-order chi connectivity index (χ1) is 11.9. The number of thiophene rings is 1. The Kier molecular flexibility index (Phi) is 3.10. The number of rotatable bonds is 3. The van der Waals surface area contributed by atoms with Crippen LogP contribution in [-0.2, 0) is 0 Å². The summed E-state index contributed by atoms with van der Waals surface area (Å²) in [4.78, 5) is 1.95. The van der Waals surface area contributed by atoms with Gasteiger partial charge in [-0.3, -0.25) is 0 Å². The summed E-state index contributed by atoms with van der Waals surface area (Å²) in [6.45, 7) is 0.252. The highest BCUT2D eigenvalue weighted by molar-refractivity contribution is 7.17. The molecule has 5 rings (SSSR count). The zero-order valence-electron chi connectivity index (χ0n) is 12.2. The first-order valence-electron chi connectivity index (χ1n) is 7.21. The van der Waals surface area contributed by atoms with Crippen molar-refractivity contribution in [1.82, 2.24) is 19.8 Å². The fourth-order valence-corrected chi connectivity index (χ4v) is 3.81. The van der Waals surface area contributed by atoms with Crippen LogP contribution in [-0.4, -0.2) is 26.6 Å². The lowest BCUT2D eigenvalue weighted by Gasteiger charge is -1.99. The highest BCUT2D eigenvalue weighted by atomic mass is 32.1. The molecule has 1 aliphatic rings. The Hall–Kier alpha value is -2.71. The second-order valence-corrected chi connectivity index (χ2v) is 7.04. The zero-order chi connectivity index (χ0) is 15.9. The molecular weight excluding hydrogens is 344 g/mol. The van der Waals surface area contributed by atoms with Crippen LogP contribution in [0, 0.1) is 0 Å². The minimum absolute atomic E-state index is 0.252. The minimum atomic E-state index is 0.252. The zero-order valence-corrected chi connectivity index (χ0v) is 13.9. The molecule has 0 radical (unpaired) electrons. The molecule has 8 heteroatoms. The fraction of sp³-hybridized carbons (Fsp3) is 0.0625. The summed E-state index contributed by atoms with van der Waals surface area (Å²) in [5, 5.41) is 16.0. The van der Waals surface area contributed by atoms with E-state index in [0.29, 0.717) is 5.82 Å². The van der Waals surface area contributed by atoms with Gasteiger partial charge in [-0.15, -0.1) is 21.5 Å². The first kappa shape index (κ1) is 13.7. The Morgan fingerprint density at radius 3 is 2.96 bits per heavy atom. The summed E-state index contributed by atoms with van der Waals surface area (Å²) in [6, 6.07) is 9.81. The molecule has 118 valence electrons. The SMILES string of the molecule is C(=Cc1nn2c(-c3ccc4c(c3)OCO4)nnc2s1)c1cccs1. The quantitative estimate of drug-likeness (QED) is 0.560. The monoisotopic (exact) mass is 354 g/mol. The van der Waals surface area contributed by atoms with Crippen LogP contribution in [0.1, 0.15) is 9.88 Å². The van der Waals surface area contributed by atoms with Crippen LogP contribution in [0.2, 0.25) is 0 Å². The van der Waals surface area contributed by atoms with Gasteiger partial charge in [-0.1, -0.05) is 17.4 Å². The highest BCUT2D eigenvalue weighted by Gasteiger charge is 2.18. The molecule has 0 spiro atoms. The molecular formula is C16H10N4O2S2. The van der Waals surface area contributed by atoms with E-state index in [1.807, 2.05) is 30.3 Å². The van der Waals surface area contributed by atoms with E-state index < -0.39 is 0 Å². The van der Waals surface area contributed by atoms with Gasteiger partial charge in [0.15, 0.2) is 17.3 Å². The Bertz CT molecular complexity index is 1050. The highest BCUT2D eigenvalue weighted by Crippen LogP contribution is 2.35. The van der Waals surface area contributed by atoms with Crippen LogP contribution >= 0.6 is 22.7 Å². The van der Waals surface area contributed by atoms with Crippen molar-refractivity contribution in [2.24, 2.45) is 0 Å². The molecule has 0 saturated carbocycles. The van der Waals surface area contributed by atoms with Crippen molar-refractivity contribution in [1.29, 1.82) is 0 Å². The van der Waals surface area contributed by atoms with Gasteiger partial charge < -0.3 is 9.47 Å². The molecule has 0 saturated heterocycles. The third kappa shape index (κ3) is 2.27. The van der Waals surface area contributed by atoms with E-state index in [1.54, 1.807) is 15.9 Å². The normalized spacial score (nSPS) is 13.3. The molecule has 1 aliphatic heterocycles. The maximum absolute atomic E-state index is 5.43. The maximum atomic E-state index is 5.43. The molecule has 0 atom stereocenters. The molecule has 4 aromatic rings. The maximum Gasteiger partial charge on any atom is 0.235 e. The van der Waals surface area contributed by atoms with Gasteiger partial charge in [-0.2, -0.15) is 9.61 Å². The van der Waals surface area contributed by atoms with Gasteiger partial charge in [-0.05, 0) is 41.8 Å². The lowest BCUT2D eigenvalue weighted by atomic mass is 10.2. The number of benzene rings is 1. The van der Waals surface area contributed by atoms with Crippen LogP contribution in [0.15, 0.2) is 35.7 Å². The average molecular weight is 354 g/mol. The Morgan fingerprint density at radius 2 is 2.04 bits per heavy atom. The van der Waals surface area contributed by atoms with E-state index in [-0.39, 0.29) is 6.79 Å². The van der Waals surface area contributed by atoms with Gasteiger partial charge in [0, 0.05) is 10.4 Å². The van der Waals surface area contributed by atoms with Gasteiger partial charge in [0.2, 0.25) is 11.8 Å². The molecule has 0 bridgehead atoms. The van der Waals surface area contributed by atoms with Gasteiger partial charge >= 0.3 is 0 Å². The molecule has 24 heavy (non-hydrogen) atoms. The molecule has 0 amide bonds. The number of hydrogen-bond donors (Lipinski definition) is 0. The minimum Gasteiger partial charge on any atom is -0.454 e. The van der Waals surface area contributed by atoms with Crippen LogP contribution in [0.5, 0.6) is 11.5 Å². The third-order valence-electron chi connectivity index (χ3n) is 3.57. The van der Waals surface area contributed by atoms with E-state index >= 15 is 0 Å². The van der Waals surface area contributed by atoms with Crippen LogP contribution in [0.3, 0.4) is 0 Å². The topological polar surface area (TPSA) is 61.5 Å². The predicted molar refractivity (Wildman–Crippen MR) is 93.5 cm³/mol. The van der Waals surface area contributed by atoms with Crippen LogP contribution < -0.4 is 9.47 Å². The summed E-state index contributed by atoms with van der Waals surface area (Å²) in [6.07, 6.45) is 4.05. The van der Waals surface area contributed by atoms with E-state index in [1.165, 1.54) is 16.2 Å². The van der Waals surface area contributed by atoms with E-state index in [2.05, 4.69) is 32.8 Å². The average Bonchev–Trinajstić information content (AvgIpc) is 3.35. The lowest BCUT2D eigenvalue weighted by molar-refractivity contribution is 0.174. The fourth-order valence-electron chi connectivity index (χ4n) is 2.45.